The third kappa shape index (κ3) is 4.93. The highest BCUT2D eigenvalue weighted by Gasteiger charge is 2.32. The van der Waals surface area contributed by atoms with E-state index in [2.05, 4.69) is 41.8 Å². The summed E-state index contributed by atoms with van der Waals surface area (Å²) in [5.74, 6) is 0.112. The molecule has 2 aliphatic heterocycles. The van der Waals surface area contributed by atoms with E-state index in [1.165, 1.54) is 22.9 Å². The molecule has 0 atom stereocenters. The number of hydrogen-bond donors (Lipinski definition) is 0. The molecule has 5 rings (SSSR count). The van der Waals surface area contributed by atoms with Gasteiger partial charge >= 0.3 is 0 Å². The lowest BCUT2D eigenvalue weighted by molar-refractivity contribution is -0.130. The van der Waals surface area contributed by atoms with Crippen LogP contribution in [0.4, 0.5) is 0 Å². The minimum absolute atomic E-state index is 0.0448. The zero-order chi connectivity index (χ0) is 24.4. The number of aryl methyl sites for hydroxylation is 1. The van der Waals surface area contributed by atoms with E-state index in [4.69, 9.17) is 12.2 Å². The smallest absolute Gasteiger partial charge is 0.266 e. The van der Waals surface area contributed by atoms with E-state index in [0.717, 1.165) is 55.2 Å². The topological polar surface area (TPSA) is 45.6 Å². The van der Waals surface area contributed by atoms with Gasteiger partial charge in [0.2, 0.25) is 5.91 Å². The lowest BCUT2D eigenvalue weighted by Gasteiger charge is -2.16. The van der Waals surface area contributed by atoms with Crippen molar-refractivity contribution >= 4 is 57.1 Å². The number of thiocarbonyl (C=S) groups is 1. The number of benzene rings is 2. The Kier molecular flexibility index (Phi) is 7.07. The zero-order valence-electron chi connectivity index (χ0n) is 19.9. The molecule has 0 aliphatic carbocycles. The van der Waals surface area contributed by atoms with Crippen LogP contribution in [0, 0.1) is 0 Å². The second-order valence-electron chi connectivity index (χ2n) is 9.04. The maximum atomic E-state index is 13.2. The number of aromatic nitrogens is 1. The molecule has 0 bridgehead atoms. The fourth-order valence-electron chi connectivity index (χ4n) is 4.92. The minimum atomic E-state index is -0.0448. The number of rotatable bonds is 7. The van der Waals surface area contributed by atoms with Gasteiger partial charge in [0.1, 0.15) is 10.9 Å². The Morgan fingerprint density at radius 3 is 2.60 bits per heavy atom. The van der Waals surface area contributed by atoms with Crippen molar-refractivity contribution in [3.63, 3.8) is 0 Å². The third-order valence-corrected chi connectivity index (χ3v) is 8.16. The predicted octanol–water partition coefficient (Wildman–Crippen LogP) is 5.27. The van der Waals surface area contributed by atoms with Gasteiger partial charge in [-0.3, -0.25) is 14.5 Å². The molecule has 35 heavy (non-hydrogen) atoms. The summed E-state index contributed by atoms with van der Waals surface area (Å²) < 4.78 is 2.66. The summed E-state index contributed by atoms with van der Waals surface area (Å²) in [5.41, 5.74) is 4.41. The van der Waals surface area contributed by atoms with Gasteiger partial charge in [0, 0.05) is 36.8 Å². The van der Waals surface area contributed by atoms with Crippen LogP contribution in [0.15, 0.2) is 59.6 Å². The maximum absolute atomic E-state index is 13.2. The first-order chi connectivity index (χ1) is 17.0. The number of thioether (sulfide) groups is 1. The summed E-state index contributed by atoms with van der Waals surface area (Å²) in [7, 11) is 0. The SMILES string of the molecule is CCc1cccc2c(/C=C3\SC(=S)N(CCc4ccccc4)C3=O)cn(CC(=O)N3CCCC3)c12. The molecular weight excluding hydrogens is 474 g/mol. The fourth-order valence-corrected chi connectivity index (χ4v) is 6.22. The van der Waals surface area contributed by atoms with Gasteiger partial charge in [-0.25, -0.2) is 0 Å². The average molecular weight is 504 g/mol. The second-order valence-corrected chi connectivity index (χ2v) is 10.7. The molecule has 3 aromatic rings. The molecule has 2 aromatic carbocycles. The van der Waals surface area contributed by atoms with Crippen molar-refractivity contribution in [3.05, 3.63) is 76.3 Å². The van der Waals surface area contributed by atoms with E-state index in [-0.39, 0.29) is 11.8 Å². The van der Waals surface area contributed by atoms with Gasteiger partial charge in [0.05, 0.1) is 10.4 Å². The van der Waals surface area contributed by atoms with Gasteiger partial charge in [0.25, 0.3) is 5.91 Å². The summed E-state index contributed by atoms with van der Waals surface area (Å²) in [6.07, 6.45) is 7.76. The number of likely N-dealkylation sites (tertiary alicyclic amines) is 1. The molecule has 5 nitrogen and oxygen atoms in total. The van der Waals surface area contributed by atoms with E-state index >= 15 is 0 Å². The van der Waals surface area contributed by atoms with Crippen LogP contribution in [-0.2, 0) is 29.0 Å². The minimum Gasteiger partial charge on any atom is -0.341 e. The average Bonchev–Trinajstić information content (AvgIpc) is 3.59. The molecule has 0 unspecified atom stereocenters. The summed E-state index contributed by atoms with van der Waals surface area (Å²) in [4.78, 5) is 30.5. The van der Waals surface area contributed by atoms with Gasteiger partial charge in [-0.15, -0.1) is 0 Å². The van der Waals surface area contributed by atoms with E-state index in [0.29, 0.717) is 22.3 Å². The van der Waals surface area contributed by atoms with Gasteiger partial charge in [-0.1, -0.05) is 79.4 Å². The first kappa shape index (κ1) is 23.8. The van der Waals surface area contributed by atoms with Crippen LogP contribution in [0.25, 0.3) is 17.0 Å². The highest BCUT2D eigenvalue weighted by molar-refractivity contribution is 8.26. The number of amides is 2. The summed E-state index contributed by atoms with van der Waals surface area (Å²) >= 11 is 6.92. The number of fused-ring (bicyclic) bond motifs is 1. The molecule has 2 amide bonds. The van der Waals surface area contributed by atoms with E-state index in [1.807, 2.05) is 35.4 Å². The van der Waals surface area contributed by atoms with Crippen molar-refractivity contribution in [1.82, 2.24) is 14.4 Å². The van der Waals surface area contributed by atoms with Crippen LogP contribution >= 0.6 is 24.0 Å². The molecule has 0 spiro atoms. The van der Waals surface area contributed by atoms with Crippen LogP contribution < -0.4 is 0 Å². The Morgan fingerprint density at radius 2 is 1.86 bits per heavy atom. The van der Waals surface area contributed by atoms with Crippen molar-refractivity contribution < 1.29 is 9.59 Å². The quantitative estimate of drug-likeness (QED) is 0.326. The van der Waals surface area contributed by atoms with Crippen molar-refractivity contribution in [2.75, 3.05) is 19.6 Å². The number of carbonyl (C=O) groups excluding carboxylic acids is 2. The van der Waals surface area contributed by atoms with Crippen LogP contribution in [0.5, 0.6) is 0 Å². The largest absolute Gasteiger partial charge is 0.341 e. The predicted molar refractivity (Wildman–Crippen MR) is 147 cm³/mol. The highest BCUT2D eigenvalue weighted by Crippen LogP contribution is 2.35. The monoisotopic (exact) mass is 503 g/mol. The van der Waals surface area contributed by atoms with Crippen molar-refractivity contribution in [2.45, 2.75) is 39.2 Å². The van der Waals surface area contributed by atoms with Crippen LogP contribution in [0.2, 0.25) is 0 Å². The number of para-hydroxylation sites is 1. The van der Waals surface area contributed by atoms with Crippen molar-refractivity contribution in [3.8, 4) is 0 Å². The number of carbonyl (C=O) groups is 2. The first-order valence-electron chi connectivity index (χ1n) is 12.2. The summed E-state index contributed by atoms with van der Waals surface area (Å²) in [6, 6.07) is 16.4. The molecule has 0 saturated carbocycles. The zero-order valence-corrected chi connectivity index (χ0v) is 21.5. The fraction of sp³-hybridized carbons (Fsp3) is 0.321. The van der Waals surface area contributed by atoms with Crippen LogP contribution in [0.3, 0.4) is 0 Å². The Labute approximate surface area is 215 Å². The number of hydrogen-bond acceptors (Lipinski definition) is 4. The van der Waals surface area contributed by atoms with E-state index in [1.54, 1.807) is 4.90 Å². The van der Waals surface area contributed by atoms with E-state index < -0.39 is 0 Å². The Bertz CT molecular complexity index is 1310. The van der Waals surface area contributed by atoms with Crippen LogP contribution in [0.1, 0.15) is 36.5 Å². The molecule has 7 heteroatoms. The molecule has 2 saturated heterocycles. The summed E-state index contributed by atoms with van der Waals surface area (Å²) in [5, 5.41) is 1.06. The van der Waals surface area contributed by atoms with Crippen LogP contribution in [-0.4, -0.2) is 50.1 Å². The Balaban J connectivity index is 1.43. The lowest BCUT2D eigenvalue weighted by Crippen LogP contribution is -2.30. The maximum Gasteiger partial charge on any atom is 0.266 e. The second kappa shape index (κ2) is 10.4. The molecular formula is C28H29N3O2S2. The number of nitrogens with zero attached hydrogens (tertiary/aromatic N) is 3. The molecule has 180 valence electrons. The molecule has 3 heterocycles. The van der Waals surface area contributed by atoms with Crippen molar-refractivity contribution in [2.24, 2.45) is 0 Å². The lowest BCUT2D eigenvalue weighted by atomic mass is 10.1. The molecule has 0 N–H and O–H groups in total. The first-order valence-corrected chi connectivity index (χ1v) is 13.5. The molecule has 1 aromatic heterocycles. The van der Waals surface area contributed by atoms with E-state index in [9.17, 15) is 9.59 Å². The van der Waals surface area contributed by atoms with Gasteiger partial charge in [-0.2, -0.15) is 0 Å². The molecule has 0 radical (unpaired) electrons. The molecule has 2 fully saturated rings. The standard InChI is InChI=1S/C28H29N3O2S2/c1-2-21-11-8-12-23-22(18-30(26(21)23)19-25(32)29-14-6-7-15-29)17-24-27(33)31(28(34)35-24)16-13-20-9-4-3-5-10-20/h3-5,8-12,17-18H,2,6-7,13-16,19H2,1H3/b24-17-. The Morgan fingerprint density at radius 1 is 1.09 bits per heavy atom. The van der Waals surface area contributed by atoms with Gasteiger partial charge < -0.3 is 9.47 Å². The van der Waals surface area contributed by atoms with Gasteiger partial charge in [-0.05, 0) is 42.9 Å². The Hall–Kier alpha value is -2.90. The highest BCUT2D eigenvalue weighted by atomic mass is 32.2. The molecule has 2 aliphatic rings. The van der Waals surface area contributed by atoms with Gasteiger partial charge in [0.15, 0.2) is 0 Å². The van der Waals surface area contributed by atoms with Crippen molar-refractivity contribution in [1.29, 1.82) is 0 Å². The summed E-state index contributed by atoms with van der Waals surface area (Å²) in [6.45, 7) is 4.71. The normalized spacial score (nSPS) is 17.3. The third-order valence-electron chi connectivity index (χ3n) is 6.79.